The zero-order valence-corrected chi connectivity index (χ0v) is 10.8. The van der Waals surface area contributed by atoms with Crippen LogP contribution in [0.15, 0.2) is 24.3 Å². The van der Waals surface area contributed by atoms with E-state index in [1.165, 1.54) is 18.2 Å². The quantitative estimate of drug-likeness (QED) is 0.888. The fourth-order valence-electron chi connectivity index (χ4n) is 1.85. The molecule has 110 valence electrons. The molecule has 1 amide bonds. The Hall–Kier alpha value is -2.51. The Bertz CT molecular complexity index is 655. The molecular weight excluding hydrogens is 282 g/mol. The summed E-state index contributed by atoms with van der Waals surface area (Å²) in [6, 6.07) is 5.74. The maximum atomic E-state index is 12.1. The molecule has 0 radical (unpaired) electrons. The third kappa shape index (κ3) is 3.33. The Morgan fingerprint density at radius 3 is 2.95 bits per heavy atom. The SMILES string of the molecule is O=C(Nc1cccc(OC(F)F)c1)c1n[nH]c(C2CC2)n1. The van der Waals surface area contributed by atoms with E-state index in [9.17, 15) is 13.6 Å². The molecule has 2 aromatic rings. The minimum absolute atomic E-state index is 0.0251. The van der Waals surface area contributed by atoms with Crippen molar-refractivity contribution in [2.75, 3.05) is 5.32 Å². The van der Waals surface area contributed by atoms with Gasteiger partial charge in [-0.1, -0.05) is 6.07 Å². The number of halogens is 2. The van der Waals surface area contributed by atoms with Crippen molar-refractivity contribution in [1.29, 1.82) is 0 Å². The van der Waals surface area contributed by atoms with E-state index in [2.05, 4.69) is 25.2 Å². The van der Waals surface area contributed by atoms with Crippen LogP contribution >= 0.6 is 0 Å². The number of amides is 1. The van der Waals surface area contributed by atoms with E-state index in [0.29, 0.717) is 17.4 Å². The molecule has 0 aliphatic heterocycles. The van der Waals surface area contributed by atoms with Crippen molar-refractivity contribution in [3.05, 3.63) is 35.9 Å². The number of carbonyl (C=O) groups excluding carboxylic acids is 1. The van der Waals surface area contributed by atoms with Crippen LogP contribution in [-0.4, -0.2) is 27.7 Å². The summed E-state index contributed by atoms with van der Waals surface area (Å²) in [4.78, 5) is 16.1. The minimum Gasteiger partial charge on any atom is -0.435 e. The van der Waals surface area contributed by atoms with Gasteiger partial charge in [0.05, 0.1) is 0 Å². The third-order valence-corrected chi connectivity index (χ3v) is 2.99. The molecular formula is C13H12F2N4O2. The van der Waals surface area contributed by atoms with Crippen LogP contribution in [0.5, 0.6) is 5.75 Å². The molecule has 1 aromatic carbocycles. The molecule has 1 heterocycles. The molecule has 0 atom stereocenters. The van der Waals surface area contributed by atoms with E-state index in [4.69, 9.17) is 0 Å². The summed E-state index contributed by atoms with van der Waals surface area (Å²) in [7, 11) is 0. The van der Waals surface area contributed by atoms with E-state index in [1.54, 1.807) is 6.07 Å². The highest BCUT2D eigenvalue weighted by atomic mass is 19.3. The molecule has 3 rings (SSSR count). The summed E-state index contributed by atoms with van der Waals surface area (Å²) in [6.07, 6.45) is 2.09. The van der Waals surface area contributed by atoms with Crippen molar-refractivity contribution in [2.45, 2.75) is 25.4 Å². The van der Waals surface area contributed by atoms with Crippen molar-refractivity contribution >= 4 is 11.6 Å². The lowest BCUT2D eigenvalue weighted by atomic mass is 10.3. The van der Waals surface area contributed by atoms with E-state index in [-0.39, 0.29) is 11.6 Å². The smallest absolute Gasteiger partial charge is 0.387 e. The predicted molar refractivity (Wildman–Crippen MR) is 69.4 cm³/mol. The van der Waals surface area contributed by atoms with Crippen LogP contribution in [-0.2, 0) is 0 Å². The number of nitrogens with zero attached hydrogens (tertiary/aromatic N) is 2. The van der Waals surface area contributed by atoms with Crippen molar-refractivity contribution in [3.8, 4) is 5.75 Å². The summed E-state index contributed by atoms with van der Waals surface area (Å²) in [5.74, 6) is 0.553. The second-order valence-electron chi connectivity index (χ2n) is 4.68. The first-order valence-electron chi connectivity index (χ1n) is 6.40. The molecule has 0 unspecified atom stereocenters. The van der Waals surface area contributed by atoms with Gasteiger partial charge in [-0.3, -0.25) is 9.89 Å². The molecule has 1 aliphatic rings. The molecule has 0 saturated heterocycles. The van der Waals surface area contributed by atoms with Crippen LogP contribution in [0.25, 0.3) is 0 Å². The molecule has 8 heteroatoms. The number of carbonyl (C=O) groups is 1. The number of aromatic nitrogens is 3. The predicted octanol–water partition coefficient (Wildman–Crippen LogP) is 2.54. The number of H-pyrrole nitrogens is 1. The second-order valence-corrected chi connectivity index (χ2v) is 4.68. The molecule has 0 spiro atoms. The Labute approximate surface area is 118 Å². The van der Waals surface area contributed by atoms with Gasteiger partial charge in [0.1, 0.15) is 11.6 Å². The number of nitrogens with one attached hydrogen (secondary N) is 2. The van der Waals surface area contributed by atoms with Gasteiger partial charge in [0.25, 0.3) is 5.91 Å². The van der Waals surface area contributed by atoms with Crippen molar-refractivity contribution < 1.29 is 18.3 Å². The monoisotopic (exact) mass is 294 g/mol. The van der Waals surface area contributed by atoms with Gasteiger partial charge in [0.15, 0.2) is 0 Å². The zero-order chi connectivity index (χ0) is 14.8. The summed E-state index contributed by atoms with van der Waals surface area (Å²) in [6.45, 7) is -2.91. The van der Waals surface area contributed by atoms with Gasteiger partial charge in [0.2, 0.25) is 5.82 Å². The summed E-state index contributed by atoms with van der Waals surface area (Å²) in [5.41, 5.74) is 0.330. The largest absolute Gasteiger partial charge is 0.435 e. The number of aromatic amines is 1. The fraction of sp³-hybridized carbons (Fsp3) is 0.308. The summed E-state index contributed by atoms with van der Waals surface area (Å²) in [5, 5.41) is 9.11. The molecule has 2 N–H and O–H groups in total. The first-order valence-corrected chi connectivity index (χ1v) is 6.40. The van der Waals surface area contributed by atoms with Gasteiger partial charge in [-0.05, 0) is 25.0 Å². The highest BCUT2D eigenvalue weighted by molar-refractivity contribution is 6.01. The number of benzene rings is 1. The highest BCUT2D eigenvalue weighted by Gasteiger charge is 2.28. The van der Waals surface area contributed by atoms with Crippen LogP contribution in [0.4, 0.5) is 14.5 Å². The van der Waals surface area contributed by atoms with Crippen LogP contribution in [0.3, 0.4) is 0 Å². The fourth-order valence-corrected chi connectivity index (χ4v) is 1.85. The lowest BCUT2D eigenvalue weighted by Crippen LogP contribution is -2.14. The Kier molecular flexibility index (Phi) is 3.51. The molecule has 0 bridgehead atoms. The van der Waals surface area contributed by atoms with Crippen molar-refractivity contribution in [3.63, 3.8) is 0 Å². The highest BCUT2D eigenvalue weighted by Crippen LogP contribution is 2.37. The van der Waals surface area contributed by atoms with E-state index in [1.807, 2.05) is 0 Å². The lowest BCUT2D eigenvalue weighted by molar-refractivity contribution is -0.0497. The van der Waals surface area contributed by atoms with Crippen LogP contribution < -0.4 is 10.1 Å². The van der Waals surface area contributed by atoms with E-state index >= 15 is 0 Å². The van der Waals surface area contributed by atoms with Crippen molar-refractivity contribution in [1.82, 2.24) is 15.2 Å². The van der Waals surface area contributed by atoms with Gasteiger partial charge >= 0.3 is 6.61 Å². The molecule has 1 fully saturated rings. The van der Waals surface area contributed by atoms with Gasteiger partial charge in [0, 0.05) is 17.7 Å². The maximum Gasteiger partial charge on any atom is 0.387 e. The normalized spacial score (nSPS) is 14.2. The zero-order valence-electron chi connectivity index (χ0n) is 10.8. The number of rotatable bonds is 5. The van der Waals surface area contributed by atoms with E-state index in [0.717, 1.165) is 12.8 Å². The maximum absolute atomic E-state index is 12.1. The number of ether oxygens (including phenoxy) is 1. The second kappa shape index (κ2) is 5.47. The summed E-state index contributed by atoms with van der Waals surface area (Å²) >= 11 is 0. The number of alkyl halides is 2. The van der Waals surface area contributed by atoms with Gasteiger partial charge in [-0.25, -0.2) is 4.98 Å². The topological polar surface area (TPSA) is 79.9 Å². The van der Waals surface area contributed by atoms with Gasteiger partial charge in [-0.2, -0.15) is 8.78 Å². The van der Waals surface area contributed by atoms with E-state index < -0.39 is 12.5 Å². The van der Waals surface area contributed by atoms with Crippen LogP contribution in [0, 0.1) is 0 Å². The summed E-state index contributed by atoms with van der Waals surface area (Å²) < 4.78 is 28.5. The lowest BCUT2D eigenvalue weighted by Gasteiger charge is -2.07. The van der Waals surface area contributed by atoms with Gasteiger partial charge in [-0.15, -0.1) is 5.10 Å². The van der Waals surface area contributed by atoms with Crippen LogP contribution in [0.1, 0.15) is 35.2 Å². The Balaban J connectivity index is 1.68. The third-order valence-electron chi connectivity index (χ3n) is 2.99. The molecule has 1 aliphatic carbocycles. The van der Waals surface area contributed by atoms with Crippen molar-refractivity contribution in [2.24, 2.45) is 0 Å². The average molecular weight is 294 g/mol. The Morgan fingerprint density at radius 1 is 1.43 bits per heavy atom. The molecule has 6 nitrogen and oxygen atoms in total. The van der Waals surface area contributed by atoms with Gasteiger partial charge < -0.3 is 10.1 Å². The number of hydrogen-bond acceptors (Lipinski definition) is 4. The molecule has 1 saturated carbocycles. The average Bonchev–Trinajstić information content (AvgIpc) is 3.16. The number of hydrogen-bond donors (Lipinski definition) is 2. The first-order chi connectivity index (χ1) is 10.1. The Morgan fingerprint density at radius 2 is 2.24 bits per heavy atom. The molecule has 21 heavy (non-hydrogen) atoms. The van der Waals surface area contributed by atoms with Crippen LogP contribution in [0.2, 0.25) is 0 Å². The first kappa shape index (κ1) is 13.5. The number of anilines is 1. The standard InChI is InChI=1S/C13H12F2N4O2/c14-13(15)21-9-3-1-2-8(6-9)16-12(20)11-17-10(18-19-11)7-4-5-7/h1-3,6-7,13H,4-5H2,(H,16,20)(H,17,18,19). The minimum atomic E-state index is -2.91. The molecule has 1 aromatic heterocycles.